The summed E-state index contributed by atoms with van der Waals surface area (Å²) in [6.07, 6.45) is 13.3. The maximum Gasteiger partial charge on any atom is 0.266 e. The van der Waals surface area contributed by atoms with Gasteiger partial charge in [0.05, 0.1) is 11.4 Å². The molecule has 210 valence electrons. The smallest absolute Gasteiger partial charge is 0.266 e. The number of para-hydroxylation sites is 2. The lowest BCUT2D eigenvalue weighted by Gasteiger charge is -2.41. The Bertz CT molecular complexity index is 2100. The molecular weight excluding hydrogens is 548 g/mol. The predicted octanol–water partition coefficient (Wildman–Crippen LogP) is 6.13. The predicted molar refractivity (Wildman–Crippen MR) is 167 cm³/mol. The SMILES string of the molecule is Cc1ccc2c3c1CC1(C=CC4=C5C1=C=CC=C5C(=O)N(c1ccccc1)C4=O)/C=C/C=C\3C(=O)N(c1ccccc1)C2=O. The van der Waals surface area contributed by atoms with Crippen molar-refractivity contribution in [3.05, 3.63) is 166 Å². The van der Waals surface area contributed by atoms with Crippen LogP contribution in [-0.4, -0.2) is 23.6 Å². The summed E-state index contributed by atoms with van der Waals surface area (Å²) < 4.78 is 0. The van der Waals surface area contributed by atoms with Gasteiger partial charge in [0.2, 0.25) is 0 Å². The highest BCUT2D eigenvalue weighted by Crippen LogP contribution is 2.51. The van der Waals surface area contributed by atoms with Crippen LogP contribution < -0.4 is 9.80 Å². The van der Waals surface area contributed by atoms with Crippen LogP contribution in [-0.2, 0) is 20.8 Å². The van der Waals surface area contributed by atoms with Gasteiger partial charge in [-0.3, -0.25) is 19.2 Å². The van der Waals surface area contributed by atoms with E-state index in [9.17, 15) is 19.2 Å². The quantitative estimate of drug-likeness (QED) is 0.274. The second-order valence-electron chi connectivity index (χ2n) is 11.4. The van der Waals surface area contributed by atoms with Crippen LogP contribution in [0.15, 0.2) is 143 Å². The molecule has 8 rings (SSSR count). The zero-order chi connectivity index (χ0) is 30.2. The van der Waals surface area contributed by atoms with E-state index in [1.54, 1.807) is 78.9 Å². The fourth-order valence-electron chi connectivity index (χ4n) is 6.87. The van der Waals surface area contributed by atoms with Crippen LogP contribution in [0.1, 0.15) is 27.0 Å². The number of fused-ring (bicyclic) bond motifs is 1. The maximum absolute atomic E-state index is 13.9. The van der Waals surface area contributed by atoms with E-state index in [1.165, 1.54) is 9.80 Å². The molecule has 0 radical (unpaired) electrons. The van der Waals surface area contributed by atoms with Crippen LogP contribution in [0.25, 0.3) is 5.57 Å². The third-order valence-corrected chi connectivity index (χ3v) is 8.98. The third-order valence-electron chi connectivity index (χ3n) is 8.98. The summed E-state index contributed by atoms with van der Waals surface area (Å²) in [7, 11) is 0. The van der Waals surface area contributed by atoms with Gasteiger partial charge in [-0.05, 0) is 73.0 Å². The van der Waals surface area contributed by atoms with Gasteiger partial charge >= 0.3 is 0 Å². The summed E-state index contributed by atoms with van der Waals surface area (Å²) >= 11 is 0. The van der Waals surface area contributed by atoms with Crippen molar-refractivity contribution in [3.8, 4) is 0 Å². The van der Waals surface area contributed by atoms with Gasteiger partial charge in [-0.15, -0.1) is 5.73 Å². The zero-order valence-corrected chi connectivity index (χ0v) is 23.7. The molecule has 6 nitrogen and oxygen atoms in total. The number of carbonyl (C=O) groups is 4. The zero-order valence-electron chi connectivity index (χ0n) is 23.7. The molecule has 1 unspecified atom stereocenters. The Balaban J connectivity index is 1.28. The minimum absolute atomic E-state index is 0.371. The van der Waals surface area contributed by atoms with E-state index in [-0.39, 0.29) is 23.6 Å². The van der Waals surface area contributed by atoms with Gasteiger partial charge in [-0.2, -0.15) is 0 Å². The standard InChI is InChI=1S/C38H24N2O4/c1-23-17-18-28-32-26(34(41)39(36(28)43)24-10-4-2-5-11-24)15-9-20-38(22-30(23)32)21-19-29-33-27(14-8-16-31(33)38)35(42)40(37(29)44)25-12-6-3-7-13-25/h2-15,17-21H,22H2,1H3/b20-9+,26-15+. The highest BCUT2D eigenvalue weighted by molar-refractivity contribution is 6.41. The number of anilines is 2. The first-order chi connectivity index (χ1) is 21.4. The number of aryl methyl sites for hydroxylation is 1. The van der Waals surface area contributed by atoms with E-state index < -0.39 is 5.41 Å². The Morgan fingerprint density at radius 3 is 2.07 bits per heavy atom. The van der Waals surface area contributed by atoms with Crippen molar-refractivity contribution in [2.75, 3.05) is 9.80 Å². The van der Waals surface area contributed by atoms with Crippen LogP contribution >= 0.6 is 0 Å². The molecule has 6 heteroatoms. The maximum atomic E-state index is 13.9. The monoisotopic (exact) mass is 572 g/mol. The normalized spacial score (nSPS) is 23.4. The summed E-state index contributed by atoms with van der Waals surface area (Å²) in [6.45, 7) is 1.98. The molecule has 0 aromatic heterocycles. The van der Waals surface area contributed by atoms with Gasteiger partial charge in [0.25, 0.3) is 23.6 Å². The van der Waals surface area contributed by atoms with Crippen LogP contribution in [0.3, 0.4) is 0 Å². The van der Waals surface area contributed by atoms with Gasteiger partial charge in [0, 0.05) is 44.4 Å². The van der Waals surface area contributed by atoms with Crippen molar-refractivity contribution in [1.82, 2.24) is 0 Å². The second-order valence-corrected chi connectivity index (χ2v) is 11.4. The van der Waals surface area contributed by atoms with Crippen LogP contribution in [0.5, 0.6) is 0 Å². The molecule has 2 heterocycles. The molecule has 1 atom stereocenters. The van der Waals surface area contributed by atoms with Crippen molar-refractivity contribution in [2.45, 2.75) is 13.3 Å². The number of carbonyl (C=O) groups excluding carboxylic acids is 4. The molecule has 0 fully saturated rings. The lowest BCUT2D eigenvalue weighted by molar-refractivity contribution is -0.123. The third kappa shape index (κ3) is 3.49. The van der Waals surface area contributed by atoms with Crippen LogP contribution in [0.4, 0.5) is 11.4 Å². The van der Waals surface area contributed by atoms with E-state index in [2.05, 4.69) is 5.73 Å². The van der Waals surface area contributed by atoms with Crippen molar-refractivity contribution in [3.63, 3.8) is 0 Å². The summed E-state index contributed by atoms with van der Waals surface area (Å²) in [5.41, 5.74) is 9.12. The minimum Gasteiger partial charge on any atom is -0.268 e. The molecule has 0 saturated heterocycles. The van der Waals surface area contributed by atoms with Crippen LogP contribution in [0.2, 0.25) is 0 Å². The average Bonchev–Trinajstić information content (AvgIpc) is 3.03. The number of amides is 4. The molecule has 3 aromatic carbocycles. The van der Waals surface area contributed by atoms with Gasteiger partial charge < -0.3 is 0 Å². The summed E-state index contributed by atoms with van der Waals surface area (Å²) in [5, 5.41) is 0. The van der Waals surface area contributed by atoms with Gasteiger partial charge in [-0.25, -0.2) is 9.80 Å². The fraction of sp³-hybridized carbons (Fsp3) is 0.0789. The Labute approximate surface area is 253 Å². The molecule has 2 aliphatic heterocycles. The fourth-order valence-corrected chi connectivity index (χ4v) is 6.87. The van der Waals surface area contributed by atoms with Crippen LogP contribution in [0, 0.1) is 12.3 Å². The Morgan fingerprint density at radius 2 is 1.36 bits per heavy atom. The van der Waals surface area contributed by atoms with Crippen molar-refractivity contribution in [1.29, 1.82) is 0 Å². The summed E-state index contributed by atoms with van der Waals surface area (Å²) in [4.78, 5) is 57.8. The lowest BCUT2D eigenvalue weighted by Crippen LogP contribution is -2.46. The molecule has 44 heavy (non-hydrogen) atoms. The Hall–Kier alpha value is -5.84. The van der Waals surface area contributed by atoms with E-state index in [0.717, 1.165) is 11.1 Å². The minimum atomic E-state index is -0.783. The Morgan fingerprint density at radius 1 is 0.705 bits per heavy atom. The average molecular weight is 573 g/mol. The highest BCUT2D eigenvalue weighted by atomic mass is 16.2. The number of rotatable bonds is 2. The summed E-state index contributed by atoms with van der Waals surface area (Å²) in [6, 6.07) is 21.6. The van der Waals surface area contributed by atoms with Gasteiger partial charge in [0.15, 0.2) is 0 Å². The molecule has 0 bridgehead atoms. The van der Waals surface area contributed by atoms with Crippen molar-refractivity contribution in [2.24, 2.45) is 5.41 Å². The van der Waals surface area contributed by atoms with Gasteiger partial charge in [-0.1, -0.05) is 66.8 Å². The van der Waals surface area contributed by atoms with Crippen molar-refractivity contribution < 1.29 is 19.2 Å². The molecule has 3 aliphatic carbocycles. The molecule has 4 amide bonds. The highest BCUT2D eigenvalue weighted by Gasteiger charge is 2.47. The molecule has 5 aliphatic rings. The molecule has 1 spiro atoms. The topological polar surface area (TPSA) is 74.8 Å². The number of nitrogens with zero attached hydrogens (tertiary/aromatic N) is 2. The number of imide groups is 2. The second kappa shape index (κ2) is 9.33. The largest absolute Gasteiger partial charge is 0.268 e. The summed E-state index contributed by atoms with van der Waals surface area (Å²) in [5.74, 6) is -1.52. The number of hydrogen-bond acceptors (Lipinski definition) is 4. The number of hydrogen-bond donors (Lipinski definition) is 0. The first-order valence-corrected chi connectivity index (χ1v) is 14.4. The van der Waals surface area contributed by atoms with E-state index >= 15 is 0 Å². The van der Waals surface area contributed by atoms with E-state index in [1.807, 2.05) is 43.4 Å². The van der Waals surface area contributed by atoms with E-state index in [4.69, 9.17) is 0 Å². The number of allylic oxidation sites excluding steroid dienone is 6. The Kier molecular flexibility index (Phi) is 5.48. The molecular formula is C38H24N2O4. The van der Waals surface area contributed by atoms with Crippen molar-refractivity contribution >= 4 is 40.6 Å². The first-order valence-electron chi connectivity index (χ1n) is 14.4. The number of benzene rings is 3. The molecule has 0 N–H and O–H groups in total. The van der Waals surface area contributed by atoms with E-state index in [0.29, 0.717) is 56.8 Å². The molecule has 3 aromatic rings. The lowest BCUT2D eigenvalue weighted by atomic mass is 9.63. The molecule has 0 saturated carbocycles. The first kappa shape index (κ1) is 25.8. The van der Waals surface area contributed by atoms with Gasteiger partial charge in [0.1, 0.15) is 0 Å².